The fraction of sp³-hybridized carbons (Fsp3) is 0.579. The van der Waals surface area contributed by atoms with E-state index in [0.29, 0.717) is 12.8 Å². The molecule has 26 heavy (non-hydrogen) atoms. The number of amides is 1. The summed E-state index contributed by atoms with van der Waals surface area (Å²) in [6.45, 7) is 3.50. The summed E-state index contributed by atoms with van der Waals surface area (Å²) in [5.74, 6) is 0.956. The Balaban J connectivity index is 1.76. The van der Waals surface area contributed by atoms with Gasteiger partial charge in [-0.3, -0.25) is 9.48 Å². The van der Waals surface area contributed by atoms with Gasteiger partial charge in [0.25, 0.3) is 0 Å². The zero-order valence-electron chi connectivity index (χ0n) is 16.1. The molecule has 7 nitrogen and oxygen atoms in total. The highest BCUT2D eigenvalue weighted by Crippen LogP contribution is 2.33. The number of carbonyl (C=O) groups excluding carboxylic acids is 1. The molecule has 2 aromatic rings. The van der Waals surface area contributed by atoms with E-state index in [1.54, 1.807) is 6.20 Å². The van der Waals surface area contributed by atoms with Crippen LogP contribution in [-0.4, -0.2) is 56.1 Å². The molecule has 7 heteroatoms. The minimum absolute atomic E-state index is 0.0608. The number of likely N-dealkylation sites (tertiary alicyclic amines) is 1. The molecule has 0 bridgehead atoms. The minimum Gasteiger partial charge on any atom is -0.334 e. The summed E-state index contributed by atoms with van der Waals surface area (Å²) in [5.41, 5.74) is 3.20. The Morgan fingerprint density at radius 1 is 1.38 bits per heavy atom. The molecule has 1 saturated heterocycles. The summed E-state index contributed by atoms with van der Waals surface area (Å²) in [7, 11) is 5.99. The van der Waals surface area contributed by atoms with Crippen molar-refractivity contribution < 1.29 is 4.79 Å². The van der Waals surface area contributed by atoms with Crippen molar-refractivity contribution in [2.24, 2.45) is 7.05 Å². The van der Waals surface area contributed by atoms with E-state index in [1.807, 2.05) is 49.9 Å². The predicted molar refractivity (Wildman–Crippen MR) is 99.4 cm³/mol. The van der Waals surface area contributed by atoms with Gasteiger partial charge in [-0.05, 0) is 46.3 Å². The highest BCUT2D eigenvalue weighted by Gasteiger charge is 2.32. The number of aryl methyl sites for hydroxylation is 3. The molecular weight excluding hydrogens is 328 g/mol. The van der Waals surface area contributed by atoms with Gasteiger partial charge >= 0.3 is 0 Å². The van der Waals surface area contributed by atoms with Crippen LogP contribution in [0.25, 0.3) is 0 Å². The predicted octanol–water partition coefficient (Wildman–Crippen LogP) is 1.88. The van der Waals surface area contributed by atoms with Crippen molar-refractivity contribution in [1.29, 1.82) is 0 Å². The van der Waals surface area contributed by atoms with Crippen LogP contribution in [0.4, 0.5) is 0 Å². The van der Waals surface area contributed by atoms with Gasteiger partial charge in [0.1, 0.15) is 5.82 Å². The van der Waals surface area contributed by atoms with E-state index in [1.165, 1.54) is 0 Å². The molecule has 0 N–H and O–H groups in total. The standard InChI is InChI=1S/C19H28N6O/c1-14-20-12-15(13-23(2)3)19(22-14)17-6-5-11-25(17)18(26)8-7-16-9-10-21-24(16)4/h9-10,12,17H,5-8,11,13H2,1-4H3. The molecule has 1 fully saturated rings. The maximum Gasteiger partial charge on any atom is 0.223 e. The number of rotatable bonds is 6. The van der Waals surface area contributed by atoms with E-state index >= 15 is 0 Å². The monoisotopic (exact) mass is 356 g/mol. The van der Waals surface area contributed by atoms with Crippen LogP contribution in [0.2, 0.25) is 0 Å². The largest absolute Gasteiger partial charge is 0.334 e. The molecular formula is C19H28N6O. The summed E-state index contributed by atoms with van der Waals surface area (Å²) in [6, 6.07) is 2.03. The molecule has 1 aliphatic rings. The third-order valence-electron chi connectivity index (χ3n) is 4.91. The van der Waals surface area contributed by atoms with Gasteiger partial charge in [-0.25, -0.2) is 9.97 Å². The van der Waals surface area contributed by atoms with Crippen molar-refractivity contribution in [2.45, 2.75) is 45.2 Å². The molecule has 3 rings (SSSR count). The van der Waals surface area contributed by atoms with Gasteiger partial charge in [0.05, 0.1) is 11.7 Å². The zero-order valence-corrected chi connectivity index (χ0v) is 16.1. The van der Waals surface area contributed by atoms with Gasteiger partial charge in [0.2, 0.25) is 5.91 Å². The van der Waals surface area contributed by atoms with E-state index < -0.39 is 0 Å². The highest BCUT2D eigenvalue weighted by atomic mass is 16.2. The zero-order chi connectivity index (χ0) is 18.7. The third-order valence-corrected chi connectivity index (χ3v) is 4.91. The maximum atomic E-state index is 12.9. The first-order valence-electron chi connectivity index (χ1n) is 9.19. The molecule has 1 amide bonds. The Morgan fingerprint density at radius 3 is 2.88 bits per heavy atom. The van der Waals surface area contributed by atoms with E-state index in [-0.39, 0.29) is 11.9 Å². The molecule has 0 saturated carbocycles. The molecule has 140 valence electrons. The van der Waals surface area contributed by atoms with Crippen molar-refractivity contribution in [2.75, 3.05) is 20.6 Å². The number of carbonyl (C=O) groups is 1. The second-order valence-corrected chi connectivity index (χ2v) is 7.26. The number of nitrogens with zero attached hydrogens (tertiary/aromatic N) is 6. The lowest BCUT2D eigenvalue weighted by Gasteiger charge is -2.27. The summed E-state index contributed by atoms with van der Waals surface area (Å²) in [5, 5.41) is 4.17. The Bertz CT molecular complexity index is 769. The van der Waals surface area contributed by atoms with Crippen molar-refractivity contribution in [1.82, 2.24) is 29.5 Å². The summed E-state index contributed by atoms with van der Waals surface area (Å²) in [6.07, 6.45) is 6.89. The van der Waals surface area contributed by atoms with E-state index in [4.69, 9.17) is 4.98 Å². The van der Waals surface area contributed by atoms with Crippen LogP contribution in [-0.2, 0) is 24.8 Å². The number of aromatic nitrogens is 4. The molecule has 1 atom stereocenters. The van der Waals surface area contributed by atoms with Crippen LogP contribution in [0.15, 0.2) is 18.5 Å². The average molecular weight is 356 g/mol. The van der Waals surface area contributed by atoms with Gasteiger partial charge in [-0.1, -0.05) is 0 Å². The lowest BCUT2D eigenvalue weighted by atomic mass is 10.0. The molecule has 1 unspecified atom stereocenters. The second kappa shape index (κ2) is 7.95. The quantitative estimate of drug-likeness (QED) is 0.790. The molecule has 0 aliphatic carbocycles. The first kappa shape index (κ1) is 18.5. The van der Waals surface area contributed by atoms with Gasteiger partial charge < -0.3 is 9.80 Å². The molecule has 3 heterocycles. The molecule has 0 spiro atoms. The van der Waals surface area contributed by atoms with Crippen molar-refractivity contribution in [3.8, 4) is 0 Å². The average Bonchev–Trinajstić information content (AvgIpc) is 3.23. The first-order valence-corrected chi connectivity index (χ1v) is 9.19. The van der Waals surface area contributed by atoms with Crippen LogP contribution in [0, 0.1) is 6.92 Å². The Hall–Kier alpha value is -2.28. The highest BCUT2D eigenvalue weighted by molar-refractivity contribution is 5.77. The summed E-state index contributed by atoms with van der Waals surface area (Å²) in [4.78, 5) is 26.1. The minimum atomic E-state index is 0.0608. The lowest BCUT2D eigenvalue weighted by molar-refractivity contribution is -0.132. The third kappa shape index (κ3) is 4.09. The maximum absolute atomic E-state index is 12.9. The first-order chi connectivity index (χ1) is 12.5. The fourth-order valence-corrected chi connectivity index (χ4v) is 3.64. The second-order valence-electron chi connectivity index (χ2n) is 7.26. The topological polar surface area (TPSA) is 67.2 Å². The Morgan fingerprint density at radius 2 is 2.19 bits per heavy atom. The van der Waals surface area contributed by atoms with Crippen LogP contribution in [0.3, 0.4) is 0 Å². The normalized spacial score (nSPS) is 17.3. The van der Waals surface area contributed by atoms with Gasteiger partial charge in [-0.2, -0.15) is 5.10 Å². The summed E-state index contributed by atoms with van der Waals surface area (Å²) < 4.78 is 1.83. The van der Waals surface area contributed by atoms with Crippen molar-refractivity contribution in [3.63, 3.8) is 0 Å². The SMILES string of the molecule is Cc1ncc(CN(C)C)c(C2CCCN2C(=O)CCc2ccnn2C)n1. The van der Waals surface area contributed by atoms with E-state index in [0.717, 1.165) is 48.7 Å². The van der Waals surface area contributed by atoms with Crippen molar-refractivity contribution >= 4 is 5.91 Å². The van der Waals surface area contributed by atoms with Gasteiger partial charge in [0, 0.05) is 50.2 Å². The summed E-state index contributed by atoms with van der Waals surface area (Å²) >= 11 is 0. The molecule has 2 aromatic heterocycles. The molecule has 0 radical (unpaired) electrons. The van der Waals surface area contributed by atoms with Crippen LogP contribution >= 0.6 is 0 Å². The number of hydrogen-bond acceptors (Lipinski definition) is 5. The van der Waals surface area contributed by atoms with E-state index in [2.05, 4.69) is 15.0 Å². The lowest BCUT2D eigenvalue weighted by Crippen LogP contribution is -2.32. The van der Waals surface area contributed by atoms with Crippen LogP contribution in [0.1, 0.15) is 48.1 Å². The molecule has 1 aliphatic heterocycles. The van der Waals surface area contributed by atoms with Crippen LogP contribution < -0.4 is 0 Å². The Kier molecular flexibility index (Phi) is 5.66. The smallest absolute Gasteiger partial charge is 0.223 e. The van der Waals surface area contributed by atoms with Gasteiger partial charge in [-0.15, -0.1) is 0 Å². The molecule has 0 aromatic carbocycles. The Labute approximate surface area is 155 Å². The van der Waals surface area contributed by atoms with E-state index in [9.17, 15) is 4.79 Å². The van der Waals surface area contributed by atoms with Gasteiger partial charge in [0.15, 0.2) is 0 Å². The van der Waals surface area contributed by atoms with Crippen molar-refractivity contribution in [3.05, 3.63) is 41.2 Å². The fourth-order valence-electron chi connectivity index (χ4n) is 3.64. The van der Waals surface area contributed by atoms with Crippen LogP contribution in [0.5, 0.6) is 0 Å². The number of hydrogen-bond donors (Lipinski definition) is 0.